The van der Waals surface area contributed by atoms with Gasteiger partial charge in [0, 0.05) is 18.8 Å². The summed E-state index contributed by atoms with van der Waals surface area (Å²) in [5, 5.41) is 2.66. The molecule has 0 aliphatic rings. The Morgan fingerprint density at radius 3 is 2.54 bits per heavy atom. The van der Waals surface area contributed by atoms with Crippen LogP contribution in [0.1, 0.15) is 18.1 Å². The van der Waals surface area contributed by atoms with E-state index in [2.05, 4.69) is 15.0 Å². The Morgan fingerprint density at radius 2 is 1.92 bits per heavy atom. The van der Waals surface area contributed by atoms with Crippen LogP contribution < -0.4 is 10.0 Å². The molecule has 2 aromatic rings. The van der Waals surface area contributed by atoms with Gasteiger partial charge in [-0.05, 0) is 48.4 Å². The molecule has 2 N–H and O–H groups in total. The highest BCUT2D eigenvalue weighted by Crippen LogP contribution is 2.12. The number of anilines is 1. The lowest BCUT2D eigenvalue weighted by Gasteiger charge is -2.04. The van der Waals surface area contributed by atoms with Gasteiger partial charge >= 0.3 is 0 Å². The zero-order valence-electron chi connectivity index (χ0n) is 13.5. The van der Waals surface area contributed by atoms with Gasteiger partial charge in [-0.1, -0.05) is 19.1 Å². The quantitative estimate of drug-likeness (QED) is 0.787. The Morgan fingerprint density at radius 1 is 1.21 bits per heavy atom. The van der Waals surface area contributed by atoms with E-state index in [1.807, 2.05) is 13.0 Å². The van der Waals surface area contributed by atoms with Crippen LogP contribution in [0.5, 0.6) is 0 Å². The summed E-state index contributed by atoms with van der Waals surface area (Å²) >= 11 is 0. The summed E-state index contributed by atoms with van der Waals surface area (Å²) in [5.74, 6) is 0.175. The number of aryl methyl sites for hydroxylation is 1. The zero-order chi connectivity index (χ0) is 17.6. The first kappa shape index (κ1) is 17.8. The molecule has 0 atom stereocenters. The van der Waals surface area contributed by atoms with Gasteiger partial charge in [0.25, 0.3) is 0 Å². The number of amides is 1. The molecule has 1 aromatic heterocycles. The van der Waals surface area contributed by atoms with Crippen LogP contribution in [0.15, 0.2) is 53.6 Å². The normalized spacial score (nSPS) is 11.6. The van der Waals surface area contributed by atoms with Crippen molar-refractivity contribution in [3.8, 4) is 0 Å². The molecular formula is C17H19N3O3S. The van der Waals surface area contributed by atoms with E-state index in [-0.39, 0.29) is 10.8 Å². The average Bonchev–Trinajstić information content (AvgIpc) is 2.53. The number of carbonyl (C=O) groups is 1. The number of sulfonamides is 1. The topological polar surface area (TPSA) is 88.2 Å². The summed E-state index contributed by atoms with van der Waals surface area (Å²) in [5.41, 5.74) is 1.72. The highest BCUT2D eigenvalue weighted by Gasteiger charge is 2.11. The highest BCUT2D eigenvalue weighted by atomic mass is 32.2. The molecule has 1 amide bonds. The average molecular weight is 345 g/mol. The number of carbonyl (C=O) groups excluding carboxylic acids is 1. The van der Waals surface area contributed by atoms with E-state index in [1.165, 1.54) is 18.2 Å². The van der Waals surface area contributed by atoms with Crippen LogP contribution in [-0.4, -0.2) is 25.9 Å². The minimum absolute atomic E-state index is 0.190. The van der Waals surface area contributed by atoms with Crippen molar-refractivity contribution >= 4 is 27.8 Å². The molecule has 2 rings (SSSR count). The molecule has 1 aromatic carbocycles. The first-order chi connectivity index (χ1) is 11.4. The molecule has 7 heteroatoms. The van der Waals surface area contributed by atoms with Crippen molar-refractivity contribution < 1.29 is 13.2 Å². The summed E-state index contributed by atoms with van der Waals surface area (Å²) in [7, 11) is -3.46. The molecule has 6 nitrogen and oxygen atoms in total. The fourth-order valence-corrected chi connectivity index (χ4v) is 3.02. The summed E-state index contributed by atoms with van der Waals surface area (Å²) < 4.78 is 26.1. The number of hydrogen-bond donors (Lipinski definition) is 2. The van der Waals surface area contributed by atoms with Gasteiger partial charge in [-0.25, -0.2) is 18.1 Å². The van der Waals surface area contributed by atoms with Crippen molar-refractivity contribution in [2.75, 3.05) is 11.9 Å². The van der Waals surface area contributed by atoms with Crippen molar-refractivity contribution in [1.29, 1.82) is 0 Å². The molecule has 0 saturated heterocycles. The van der Waals surface area contributed by atoms with E-state index in [0.717, 1.165) is 11.1 Å². The second-order valence-electron chi connectivity index (χ2n) is 5.11. The lowest BCUT2D eigenvalue weighted by atomic mass is 10.2. The van der Waals surface area contributed by atoms with E-state index >= 15 is 0 Å². The van der Waals surface area contributed by atoms with E-state index in [0.29, 0.717) is 12.4 Å². The van der Waals surface area contributed by atoms with E-state index in [4.69, 9.17) is 0 Å². The van der Waals surface area contributed by atoms with Gasteiger partial charge in [-0.15, -0.1) is 0 Å². The van der Waals surface area contributed by atoms with Gasteiger partial charge in [-0.2, -0.15) is 0 Å². The van der Waals surface area contributed by atoms with Gasteiger partial charge in [0.1, 0.15) is 5.82 Å². The van der Waals surface area contributed by atoms with Gasteiger partial charge in [0.15, 0.2) is 0 Å². The molecule has 1 heterocycles. The Labute approximate surface area is 141 Å². The third-order valence-electron chi connectivity index (χ3n) is 3.12. The number of hydrogen-bond acceptors (Lipinski definition) is 4. The van der Waals surface area contributed by atoms with Crippen LogP contribution >= 0.6 is 0 Å². The molecule has 0 saturated carbocycles. The van der Waals surface area contributed by atoms with E-state index in [9.17, 15) is 13.2 Å². The molecule has 0 fully saturated rings. The second-order valence-corrected chi connectivity index (χ2v) is 6.88. The summed E-state index contributed by atoms with van der Waals surface area (Å²) in [6, 6.07) is 9.88. The Bertz CT molecular complexity index is 844. The molecule has 0 radical (unpaired) electrons. The van der Waals surface area contributed by atoms with Crippen molar-refractivity contribution in [2.45, 2.75) is 18.7 Å². The molecular weight excluding hydrogens is 326 g/mol. The van der Waals surface area contributed by atoms with Crippen LogP contribution in [-0.2, 0) is 14.8 Å². The first-order valence-electron chi connectivity index (χ1n) is 7.42. The van der Waals surface area contributed by atoms with Crippen molar-refractivity contribution in [3.63, 3.8) is 0 Å². The Balaban J connectivity index is 2.03. The lowest BCUT2D eigenvalue weighted by Crippen LogP contribution is -2.22. The number of nitrogens with zero attached hydrogens (tertiary/aromatic N) is 1. The first-order valence-corrected chi connectivity index (χ1v) is 8.90. The van der Waals surface area contributed by atoms with Crippen LogP contribution in [0.25, 0.3) is 6.08 Å². The van der Waals surface area contributed by atoms with E-state index < -0.39 is 10.0 Å². The smallest absolute Gasteiger partial charge is 0.249 e. The molecule has 0 aliphatic carbocycles. The summed E-state index contributed by atoms with van der Waals surface area (Å²) in [6.45, 7) is 3.96. The minimum atomic E-state index is -3.46. The van der Waals surface area contributed by atoms with E-state index in [1.54, 1.807) is 37.4 Å². The number of nitrogens with one attached hydrogen (secondary N) is 2. The highest BCUT2D eigenvalue weighted by molar-refractivity contribution is 7.89. The third kappa shape index (κ3) is 5.00. The molecule has 0 spiro atoms. The Hall–Kier alpha value is -2.51. The third-order valence-corrected chi connectivity index (χ3v) is 4.68. The number of aromatic nitrogens is 1. The number of rotatable bonds is 6. The summed E-state index contributed by atoms with van der Waals surface area (Å²) in [6.07, 6.45) is 4.60. The van der Waals surface area contributed by atoms with Gasteiger partial charge < -0.3 is 5.32 Å². The fourth-order valence-electron chi connectivity index (χ4n) is 1.98. The van der Waals surface area contributed by atoms with Crippen LogP contribution in [0.2, 0.25) is 0 Å². The standard InChI is InChI=1S/C17H19N3O3S/c1-3-19-24(22,23)15-7-4-14(5-8-15)6-9-17(21)20-16-12-13(2)10-11-18-16/h4-12,19H,3H2,1-2H3,(H,18,20,21)/b9-6+. The second kappa shape index (κ2) is 7.85. The maximum absolute atomic E-state index is 11.9. The molecule has 126 valence electrons. The summed E-state index contributed by atoms with van der Waals surface area (Å²) in [4.78, 5) is 16.1. The predicted octanol–water partition coefficient (Wildman–Crippen LogP) is 2.34. The fraction of sp³-hybridized carbons (Fsp3) is 0.176. The monoisotopic (exact) mass is 345 g/mol. The molecule has 24 heavy (non-hydrogen) atoms. The van der Waals surface area contributed by atoms with Crippen molar-refractivity contribution in [3.05, 3.63) is 59.8 Å². The van der Waals surface area contributed by atoms with Crippen LogP contribution in [0.4, 0.5) is 5.82 Å². The maximum atomic E-state index is 11.9. The molecule has 0 bridgehead atoms. The number of benzene rings is 1. The number of pyridine rings is 1. The van der Waals surface area contributed by atoms with Gasteiger partial charge in [-0.3, -0.25) is 4.79 Å². The lowest BCUT2D eigenvalue weighted by molar-refractivity contribution is -0.111. The maximum Gasteiger partial charge on any atom is 0.249 e. The molecule has 0 aliphatic heterocycles. The zero-order valence-corrected chi connectivity index (χ0v) is 14.3. The van der Waals surface area contributed by atoms with Crippen molar-refractivity contribution in [1.82, 2.24) is 9.71 Å². The Kier molecular flexibility index (Phi) is 5.83. The molecule has 0 unspecified atom stereocenters. The van der Waals surface area contributed by atoms with Crippen LogP contribution in [0.3, 0.4) is 0 Å². The minimum Gasteiger partial charge on any atom is -0.307 e. The SMILES string of the molecule is CCNS(=O)(=O)c1ccc(/C=C/C(=O)Nc2cc(C)ccn2)cc1. The van der Waals surface area contributed by atoms with Crippen molar-refractivity contribution in [2.24, 2.45) is 0 Å². The van der Waals surface area contributed by atoms with Crippen LogP contribution in [0, 0.1) is 6.92 Å². The predicted molar refractivity (Wildman–Crippen MR) is 93.9 cm³/mol. The van der Waals surface area contributed by atoms with Gasteiger partial charge in [0.05, 0.1) is 4.90 Å². The van der Waals surface area contributed by atoms with Gasteiger partial charge in [0.2, 0.25) is 15.9 Å². The largest absolute Gasteiger partial charge is 0.307 e.